The average Bonchev–Trinajstić information content (AvgIpc) is 2.68. The molecule has 0 aromatic heterocycles. The lowest BCUT2D eigenvalue weighted by Crippen LogP contribution is -1.96. The number of phenols is 1. The molecule has 0 saturated heterocycles. The molecule has 1 atom stereocenters. The van der Waals surface area contributed by atoms with E-state index in [9.17, 15) is 15.2 Å². The highest BCUT2D eigenvalue weighted by atomic mass is 35.5. The number of nitro groups is 1. The smallest absolute Gasteiger partial charge is 0.296 e. The normalized spacial score (nSPS) is 12.2. The standard InChI is InChI=1S/C20H16ClN3O3/c1-13(14-7-3-2-4-8-14)16-11-15(21)12-18(20(16)25)23-22-17-9-5-6-10-19(17)24(26)27/h2-13,25H,1H3/b23-22+. The van der Waals surface area contributed by atoms with Crippen LogP contribution in [0.15, 0.2) is 77.0 Å². The molecule has 0 heterocycles. The summed E-state index contributed by atoms with van der Waals surface area (Å²) >= 11 is 6.20. The Morgan fingerprint density at radius 2 is 1.63 bits per heavy atom. The molecule has 0 aliphatic heterocycles. The van der Waals surface area contributed by atoms with Crippen LogP contribution in [0.4, 0.5) is 17.1 Å². The van der Waals surface area contributed by atoms with Crippen LogP contribution in [0.5, 0.6) is 5.75 Å². The fraction of sp³-hybridized carbons (Fsp3) is 0.100. The molecular formula is C20H16ClN3O3. The van der Waals surface area contributed by atoms with Crippen LogP contribution in [0.2, 0.25) is 5.02 Å². The number of nitro benzene ring substituents is 1. The molecule has 3 aromatic rings. The Labute approximate surface area is 160 Å². The Hall–Kier alpha value is -3.25. The first-order valence-corrected chi connectivity index (χ1v) is 8.57. The summed E-state index contributed by atoms with van der Waals surface area (Å²) in [6.07, 6.45) is 0. The van der Waals surface area contributed by atoms with Gasteiger partial charge in [-0.15, -0.1) is 10.2 Å². The molecule has 1 N–H and O–H groups in total. The highest BCUT2D eigenvalue weighted by Crippen LogP contribution is 2.41. The zero-order chi connectivity index (χ0) is 19.4. The third-order valence-electron chi connectivity index (χ3n) is 4.19. The van der Waals surface area contributed by atoms with Crippen LogP contribution in [-0.4, -0.2) is 10.0 Å². The Morgan fingerprint density at radius 1 is 1.00 bits per heavy atom. The maximum Gasteiger partial charge on any atom is 0.296 e. The lowest BCUT2D eigenvalue weighted by molar-refractivity contribution is -0.384. The summed E-state index contributed by atoms with van der Waals surface area (Å²) in [7, 11) is 0. The van der Waals surface area contributed by atoms with Crippen molar-refractivity contribution in [3.05, 3.63) is 93.0 Å². The molecule has 0 fully saturated rings. The maximum atomic E-state index is 11.1. The fourth-order valence-corrected chi connectivity index (χ4v) is 2.96. The summed E-state index contributed by atoms with van der Waals surface area (Å²) in [5.41, 5.74) is 1.69. The van der Waals surface area contributed by atoms with E-state index in [2.05, 4.69) is 10.2 Å². The third kappa shape index (κ3) is 4.12. The first-order valence-electron chi connectivity index (χ1n) is 8.20. The summed E-state index contributed by atoms with van der Waals surface area (Å²) in [5, 5.41) is 30.1. The SMILES string of the molecule is CC(c1ccccc1)c1cc(Cl)cc(/N=N/c2ccccc2[N+](=O)[O-])c1O. The van der Waals surface area contributed by atoms with Gasteiger partial charge in [-0.3, -0.25) is 10.1 Å². The molecule has 3 aromatic carbocycles. The van der Waals surface area contributed by atoms with Crippen LogP contribution < -0.4 is 0 Å². The second kappa shape index (κ2) is 7.97. The van der Waals surface area contributed by atoms with Crippen molar-refractivity contribution >= 4 is 28.7 Å². The first kappa shape index (κ1) is 18.5. The minimum absolute atomic E-state index is 0.0573. The van der Waals surface area contributed by atoms with Crippen LogP contribution in [0.1, 0.15) is 24.0 Å². The Balaban J connectivity index is 2.01. The molecule has 27 heavy (non-hydrogen) atoms. The van der Waals surface area contributed by atoms with E-state index in [-0.39, 0.29) is 28.7 Å². The van der Waals surface area contributed by atoms with Gasteiger partial charge in [-0.25, -0.2) is 0 Å². The number of aromatic hydroxyl groups is 1. The summed E-state index contributed by atoms with van der Waals surface area (Å²) in [6.45, 7) is 1.95. The average molecular weight is 382 g/mol. The number of hydrogen-bond donors (Lipinski definition) is 1. The number of rotatable bonds is 5. The van der Waals surface area contributed by atoms with Crippen LogP contribution in [0.3, 0.4) is 0 Å². The molecular weight excluding hydrogens is 366 g/mol. The van der Waals surface area contributed by atoms with Crippen LogP contribution in [0, 0.1) is 10.1 Å². The predicted molar refractivity (Wildman–Crippen MR) is 104 cm³/mol. The van der Waals surface area contributed by atoms with Crippen molar-refractivity contribution in [2.24, 2.45) is 10.2 Å². The van der Waals surface area contributed by atoms with Crippen LogP contribution >= 0.6 is 11.6 Å². The number of hydrogen-bond acceptors (Lipinski definition) is 5. The lowest BCUT2D eigenvalue weighted by Gasteiger charge is -2.15. The summed E-state index contributed by atoms with van der Waals surface area (Å²) in [5.74, 6) is -0.178. The summed E-state index contributed by atoms with van der Waals surface area (Å²) in [6, 6.07) is 18.8. The predicted octanol–water partition coefficient (Wildman–Crippen LogP) is 6.52. The Morgan fingerprint density at radius 3 is 2.33 bits per heavy atom. The zero-order valence-corrected chi connectivity index (χ0v) is 15.2. The number of halogens is 1. The zero-order valence-electron chi connectivity index (χ0n) is 14.4. The molecule has 7 heteroatoms. The summed E-state index contributed by atoms with van der Waals surface area (Å²) < 4.78 is 0. The van der Waals surface area contributed by atoms with Gasteiger partial charge in [-0.05, 0) is 23.8 Å². The van der Waals surface area contributed by atoms with Crippen molar-refractivity contribution in [2.45, 2.75) is 12.8 Å². The van der Waals surface area contributed by atoms with Gasteiger partial charge in [0, 0.05) is 22.6 Å². The Bertz CT molecular complexity index is 1010. The maximum absolute atomic E-state index is 11.1. The van der Waals surface area contributed by atoms with E-state index in [4.69, 9.17) is 11.6 Å². The monoisotopic (exact) mass is 381 g/mol. The minimum Gasteiger partial charge on any atom is -0.505 e. The second-order valence-electron chi connectivity index (χ2n) is 5.94. The quantitative estimate of drug-likeness (QED) is 0.310. The highest BCUT2D eigenvalue weighted by Gasteiger charge is 2.17. The topological polar surface area (TPSA) is 88.1 Å². The molecule has 0 amide bonds. The van der Waals surface area contributed by atoms with Crippen LogP contribution in [0.25, 0.3) is 0 Å². The van der Waals surface area contributed by atoms with Crippen molar-refractivity contribution in [3.63, 3.8) is 0 Å². The molecule has 136 valence electrons. The van der Waals surface area contributed by atoms with E-state index >= 15 is 0 Å². The van der Waals surface area contributed by atoms with Gasteiger partial charge in [0.05, 0.1) is 4.92 Å². The van der Waals surface area contributed by atoms with Gasteiger partial charge in [-0.2, -0.15) is 0 Å². The van der Waals surface area contributed by atoms with Crippen molar-refractivity contribution in [1.29, 1.82) is 0 Å². The Kier molecular flexibility index (Phi) is 5.47. The molecule has 0 spiro atoms. The number of azo groups is 1. The van der Waals surface area contributed by atoms with E-state index in [1.807, 2.05) is 37.3 Å². The van der Waals surface area contributed by atoms with E-state index in [1.165, 1.54) is 18.2 Å². The minimum atomic E-state index is -0.533. The van der Waals surface area contributed by atoms with Gasteiger partial charge in [-0.1, -0.05) is 61.0 Å². The highest BCUT2D eigenvalue weighted by molar-refractivity contribution is 6.31. The summed E-state index contributed by atoms with van der Waals surface area (Å²) in [4.78, 5) is 10.6. The van der Waals surface area contributed by atoms with Gasteiger partial charge in [0.25, 0.3) is 5.69 Å². The number of phenolic OH excluding ortho intramolecular Hbond substituents is 1. The van der Waals surface area contributed by atoms with E-state index in [0.29, 0.717) is 10.6 Å². The van der Waals surface area contributed by atoms with E-state index < -0.39 is 4.92 Å². The van der Waals surface area contributed by atoms with E-state index in [1.54, 1.807) is 18.2 Å². The lowest BCUT2D eigenvalue weighted by atomic mass is 9.92. The van der Waals surface area contributed by atoms with Crippen molar-refractivity contribution in [2.75, 3.05) is 0 Å². The fourth-order valence-electron chi connectivity index (χ4n) is 2.74. The molecule has 3 rings (SSSR count). The third-order valence-corrected chi connectivity index (χ3v) is 4.41. The van der Waals surface area contributed by atoms with Gasteiger partial charge in [0.1, 0.15) is 11.4 Å². The second-order valence-corrected chi connectivity index (χ2v) is 6.38. The number of nitrogens with zero attached hydrogens (tertiary/aromatic N) is 3. The van der Waals surface area contributed by atoms with Gasteiger partial charge in [0.15, 0.2) is 5.69 Å². The van der Waals surface area contributed by atoms with Crippen molar-refractivity contribution in [3.8, 4) is 5.75 Å². The molecule has 1 unspecified atom stereocenters. The van der Waals surface area contributed by atoms with Gasteiger partial charge < -0.3 is 5.11 Å². The van der Waals surface area contributed by atoms with Crippen LogP contribution in [-0.2, 0) is 0 Å². The van der Waals surface area contributed by atoms with Gasteiger partial charge >= 0.3 is 0 Å². The van der Waals surface area contributed by atoms with Crippen molar-refractivity contribution in [1.82, 2.24) is 0 Å². The number of benzene rings is 3. The molecule has 0 radical (unpaired) electrons. The largest absolute Gasteiger partial charge is 0.505 e. The first-order chi connectivity index (χ1) is 13.0. The van der Waals surface area contributed by atoms with Gasteiger partial charge in [0.2, 0.25) is 0 Å². The molecule has 0 bridgehead atoms. The molecule has 0 saturated carbocycles. The van der Waals surface area contributed by atoms with Crippen molar-refractivity contribution < 1.29 is 10.0 Å². The molecule has 0 aliphatic carbocycles. The van der Waals surface area contributed by atoms with E-state index in [0.717, 1.165) is 5.56 Å². The number of para-hydroxylation sites is 1. The molecule has 0 aliphatic rings. The molecule has 6 nitrogen and oxygen atoms in total.